The summed E-state index contributed by atoms with van der Waals surface area (Å²) in [5, 5.41) is 6.65. The zero-order valence-electron chi connectivity index (χ0n) is 18.7. The Balaban J connectivity index is 1.27. The molecule has 0 saturated heterocycles. The Bertz CT molecular complexity index is 1610. The molecule has 0 atom stereocenters. The van der Waals surface area contributed by atoms with Crippen LogP contribution in [0.2, 0.25) is 10.0 Å². The number of nitrogens with zero attached hydrogens (tertiary/aromatic N) is 1. The molecule has 2 aromatic heterocycles. The SMILES string of the molecule is COc1ccc2oc(-c3cccc(NC(=S)NC(=O)c4ccc(-c5cc(Cl)ccc5Cl)o4)c3)nc2c1. The number of benzene rings is 3. The lowest BCUT2D eigenvalue weighted by atomic mass is 10.2. The van der Waals surface area contributed by atoms with Gasteiger partial charge in [-0.1, -0.05) is 29.3 Å². The highest BCUT2D eigenvalue weighted by Crippen LogP contribution is 2.32. The molecule has 0 aliphatic carbocycles. The number of anilines is 1. The number of hydrogen-bond donors (Lipinski definition) is 2. The molecule has 0 bridgehead atoms. The van der Waals surface area contributed by atoms with Crippen LogP contribution in [0.3, 0.4) is 0 Å². The van der Waals surface area contributed by atoms with Crippen LogP contribution in [-0.2, 0) is 0 Å². The van der Waals surface area contributed by atoms with Crippen LogP contribution in [0.25, 0.3) is 33.9 Å². The third-order valence-electron chi connectivity index (χ3n) is 5.21. The van der Waals surface area contributed by atoms with Crippen LogP contribution < -0.4 is 15.4 Å². The summed E-state index contributed by atoms with van der Waals surface area (Å²) in [5.41, 5.74) is 3.28. The predicted molar refractivity (Wildman–Crippen MR) is 144 cm³/mol. The topological polar surface area (TPSA) is 89.5 Å². The molecule has 2 heterocycles. The molecular weight excluding hydrogens is 521 g/mol. The van der Waals surface area contributed by atoms with Crippen molar-refractivity contribution in [3.05, 3.63) is 88.6 Å². The third kappa shape index (κ3) is 5.06. The van der Waals surface area contributed by atoms with Crippen molar-refractivity contribution in [3.8, 4) is 28.5 Å². The number of rotatable bonds is 5. The molecule has 7 nitrogen and oxygen atoms in total. The summed E-state index contributed by atoms with van der Waals surface area (Å²) in [6, 6.07) is 20.9. The second kappa shape index (κ2) is 10.0. The zero-order chi connectivity index (χ0) is 25.2. The average molecular weight is 538 g/mol. The van der Waals surface area contributed by atoms with E-state index in [0.29, 0.717) is 49.8 Å². The minimum atomic E-state index is -0.513. The highest BCUT2D eigenvalue weighted by molar-refractivity contribution is 7.80. The minimum Gasteiger partial charge on any atom is -0.497 e. The largest absolute Gasteiger partial charge is 0.497 e. The second-order valence-electron chi connectivity index (χ2n) is 7.63. The van der Waals surface area contributed by atoms with Gasteiger partial charge in [-0.05, 0) is 72.9 Å². The fourth-order valence-corrected chi connectivity index (χ4v) is 4.10. The molecule has 0 fully saturated rings. The van der Waals surface area contributed by atoms with Crippen molar-refractivity contribution in [3.63, 3.8) is 0 Å². The van der Waals surface area contributed by atoms with Gasteiger partial charge in [-0.25, -0.2) is 4.98 Å². The standard InChI is InChI=1S/C26H17Cl2N3O4S/c1-33-17-6-8-22-20(13-17)30-25(35-22)14-3-2-4-16(11-14)29-26(36)31-24(32)23-10-9-21(34-23)18-12-15(27)5-7-19(18)28/h2-13H,1H3,(H2,29,31,32,36). The first kappa shape index (κ1) is 23.9. The second-order valence-corrected chi connectivity index (χ2v) is 8.88. The van der Waals surface area contributed by atoms with Gasteiger partial charge in [0, 0.05) is 27.9 Å². The lowest BCUT2D eigenvalue weighted by Crippen LogP contribution is -2.33. The maximum absolute atomic E-state index is 12.7. The van der Waals surface area contributed by atoms with E-state index >= 15 is 0 Å². The summed E-state index contributed by atoms with van der Waals surface area (Å²) in [7, 11) is 1.60. The quantitative estimate of drug-likeness (QED) is 0.229. The molecule has 5 rings (SSSR count). The molecule has 0 unspecified atom stereocenters. The number of methoxy groups -OCH3 is 1. The Morgan fingerprint density at radius 1 is 1.00 bits per heavy atom. The molecule has 3 aromatic carbocycles. The van der Waals surface area contributed by atoms with Crippen molar-refractivity contribution in [1.82, 2.24) is 10.3 Å². The van der Waals surface area contributed by atoms with Gasteiger partial charge in [0.25, 0.3) is 5.91 Å². The van der Waals surface area contributed by atoms with Gasteiger partial charge in [-0.3, -0.25) is 10.1 Å². The van der Waals surface area contributed by atoms with E-state index in [-0.39, 0.29) is 10.9 Å². The highest BCUT2D eigenvalue weighted by atomic mass is 35.5. The average Bonchev–Trinajstić information content (AvgIpc) is 3.53. The van der Waals surface area contributed by atoms with Crippen LogP contribution in [0.5, 0.6) is 5.75 Å². The molecule has 0 aliphatic heterocycles. The number of amides is 1. The molecule has 36 heavy (non-hydrogen) atoms. The number of carbonyl (C=O) groups excluding carboxylic acids is 1. The van der Waals surface area contributed by atoms with Gasteiger partial charge in [0.1, 0.15) is 17.0 Å². The van der Waals surface area contributed by atoms with Crippen LogP contribution >= 0.6 is 35.4 Å². The van der Waals surface area contributed by atoms with Gasteiger partial charge in [0.2, 0.25) is 5.89 Å². The molecule has 180 valence electrons. The van der Waals surface area contributed by atoms with Crippen LogP contribution in [0, 0.1) is 0 Å². The molecule has 1 amide bonds. The molecule has 0 radical (unpaired) electrons. The van der Waals surface area contributed by atoms with Crippen molar-refractivity contribution in [2.24, 2.45) is 0 Å². The van der Waals surface area contributed by atoms with Crippen LogP contribution in [0.1, 0.15) is 10.6 Å². The Morgan fingerprint density at radius 2 is 1.86 bits per heavy atom. The predicted octanol–water partition coefficient (Wildman–Crippen LogP) is 7.20. The molecule has 5 aromatic rings. The Labute approximate surface area is 221 Å². The molecule has 0 spiro atoms. The van der Waals surface area contributed by atoms with E-state index in [2.05, 4.69) is 15.6 Å². The summed E-state index contributed by atoms with van der Waals surface area (Å²) >= 11 is 17.6. The number of ether oxygens (including phenoxy) is 1. The van der Waals surface area contributed by atoms with E-state index in [9.17, 15) is 4.79 Å². The van der Waals surface area contributed by atoms with Crippen molar-refractivity contribution in [1.29, 1.82) is 0 Å². The molecule has 2 N–H and O–H groups in total. The number of halogens is 2. The summed E-state index contributed by atoms with van der Waals surface area (Å²) in [6.45, 7) is 0. The van der Waals surface area contributed by atoms with E-state index in [0.717, 1.165) is 5.56 Å². The summed E-state index contributed by atoms with van der Waals surface area (Å²) in [4.78, 5) is 17.2. The monoisotopic (exact) mass is 537 g/mol. The number of thiocarbonyl (C=S) groups is 1. The lowest BCUT2D eigenvalue weighted by molar-refractivity contribution is 0.0951. The van der Waals surface area contributed by atoms with Gasteiger partial charge in [-0.15, -0.1) is 0 Å². The number of carbonyl (C=O) groups is 1. The number of fused-ring (bicyclic) bond motifs is 1. The first-order chi connectivity index (χ1) is 17.4. The van der Waals surface area contributed by atoms with Crippen molar-refractivity contribution < 1.29 is 18.4 Å². The van der Waals surface area contributed by atoms with Gasteiger partial charge >= 0.3 is 0 Å². The fraction of sp³-hybridized carbons (Fsp3) is 0.0385. The fourth-order valence-electron chi connectivity index (χ4n) is 3.51. The van der Waals surface area contributed by atoms with E-state index < -0.39 is 5.91 Å². The molecule has 10 heteroatoms. The Hall–Kier alpha value is -3.85. The van der Waals surface area contributed by atoms with E-state index in [1.54, 1.807) is 49.6 Å². The maximum Gasteiger partial charge on any atom is 0.293 e. The smallest absolute Gasteiger partial charge is 0.293 e. The van der Waals surface area contributed by atoms with Crippen LogP contribution in [0.4, 0.5) is 5.69 Å². The van der Waals surface area contributed by atoms with Crippen LogP contribution in [-0.4, -0.2) is 23.1 Å². The summed E-state index contributed by atoms with van der Waals surface area (Å²) in [6.07, 6.45) is 0. The molecule has 0 saturated carbocycles. The van der Waals surface area contributed by atoms with Gasteiger partial charge in [-0.2, -0.15) is 0 Å². The highest BCUT2D eigenvalue weighted by Gasteiger charge is 2.16. The Morgan fingerprint density at radius 3 is 2.69 bits per heavy atom. The number of aromatic nitrogens is 1. The first-order valence-electron chi connectivity index (χ1n) is 10.6. The normalized spacial score (nSPS) is 10.9. The van der Waals surface area contributed by atoms with E-state index in [4.69, 9.17) is 49.0 Å². The number of hydrogen-bond acceptors (Lipinski definition) is 6. The van der Waals surface area contributed by atoms with Gasteiger partial charge in [0.15, 0.2) is 16.5 Å². The summed E-state index contributed by atoms with van der Waals surface area (Å²) in [5.74, 6) is 1.11. The Kier molecular flexibility index (Phi) is 6.65. The van der Waals surface area contributed by atoms with E-state index in [1.165, 1.54) is 6.07 Å². The maximum atomic E-state index is 12.7. The molecule has 0 aliphatic rings. The van der Waals surface area contributed by atoms with Gasteiger partial charge in [0.05, 0.1) is 12.1 Å². The first-order valence-corrected chi connectivity index (χ1v) is 11.8. The number of oxazole rings is 1. The van der Waals surface area contributed by atoms with Gasteiger partial charge < -0.3 is 18.9 Å². The molecular formula is C26H17Cl2N3O4S. The number of nitrogens with one attached hydrogen (secondary N) is 2. The van der Waals surface area contributed by atoms with Crippen molar-refractivity contribution >= 4 is 63.2 Å². The minimum absolute atomic E-state index is 0.0702. The third-order valence-corrected chi connectivity index (χ3v) is 5.98. The summed E-state index contributed by atoms with van der Waals surface area (Å²) < 4.78 is 16.8. The van der Waals surface area contributed by atoms with Crippen molar-refractivity contribution in [2.45, 2.75) is 0 Å². The lowest BCUT2D eigenvalue weighted by Gasteiger charge is -2.09. The zero-order valence-corrected chi connectivity index (χ0v) is 21.0. The van der Waals surface area contributed by atoms with Crippen molar-refractivity contribution in [2.75, 3.05) is 12.4 Å². The number of furan rings is 1. The van der Waals surface area contributed by atoms with Crippen LogP contribution in [0.15, 0.2) is 81.6 Å². The van der Waals surface area contributed by atoms with E-state index in [1.807, 2.05) is 24.3 Å².